The molecule has 48 heavy (non-hydrogen) atoms. The van der Waals surface area contributed by atoms with Crippen molar-refractivity contribution in [2.45, 2.75) is 125 Å². The van der Waals surface area contributed by atoms with Crippen molar-refractivity contribution in [1.82, 2.24) is 0 Å². The predicted molar refractivity (Wildman–Crippen MR) is 137 cm³/mol. The zero-order chi connectivity index (χ0) is 36.9. The molecule has 2 aliphatic carbocycles. The molecule has 0 bridgehead atoms. The molecule has 2 saturated carbocycles. The van der Waals surface area contributed by atoms with E-state index >= 15 is 0 Å². The van der Waals surface area contributed by atoms with Gasteiger partial charge in [0.1, 0.15) is 0 Å². The lowest BCUT2D eigenvalue weighted by atomic mass is 9.74. The van der Waals surface area contributed by atoms with Gasteiger partial charge in [0.05, 0.1) is 0 Å². The number of carbonyl (C=O) groups is 1. The molecule has 1 aromatic rings. The maximum absolute atomic E-state index is 14.5. The quantitative estimate of drug-likeness (QED) is 0.155. The zero-order valence-electron chi connectivity index (χ0n) is 25.0. The molecule has 2 aliphatic rings. The van der Waals surface area contributed by atoms with Gasteiger partial charge in [0, 0.05) is 5.56 Å². The van der Waals surface area contributed by atoms with Crippen molar-refractivity contribution in [2.24, 2.45) is 17.8 Å². The van der Waals surface area contributed by atoms with E-state index < -0.39 is 59.0 Å². The van der Waals surface area contributed by atoms with E-state index in [1.807, 2.05) is 0 Å². The van der Waals surface area contributed by atoms with Gasteiger partial charge < -0.3 is 0 Å². The van der Waals surface area contributed by atoms with Crippen molar-refractivity contribution in [2.75, 3.05) is 0 Å². The molecule has 0 unspecified atom stereocenters. The van der Waals surface area contributed by atoms with Gasteiger partial charge in [0.15, 0.2) is 0 Å². The first-order chi connectivity index (χ1) is 21.6. The number of carbonyl (C=O) groups excluding carboxylic acids is 1. The fraction of sp³-hybridized carbons (Fsp3) is 0.767. The van der Waals surface area contributed by atoms with Crippen molar-refractivity contribution in [3.05, 3.63) is 35.4 Å². The van der Waals surface area contributed by atoms with E-state index in [2.05, 4.69) is 6.92 Å². The van der Waals surface area contributed by atoms with E-state index in [1.165, 1.54) is 12.8 Å². The Kier molecular flexibility index (Phi) is 11.0. The van der Waals surface area contributed by atoms with Gasteiger partial charge in [-0.05, 0) is 54.9 Å². The molecule has 276 valence electrons. The van der Waals surface area contributed by atoms with Crippen molar-refractivity contribution >= 4 is 5.78 Å². The molecule has 0 spiro atoms. The summed E-state index contributed by atoms with van der Waals surface area (Å²) in [6.45, 7) is 2.21. The molecule has 0 aromatic heterocycles. The van der Waals surface area contributed by atoms with E-state index in [4.69, 9.17) is 0 Å². The lowest BCUT2D eigenvalue weighted by molar-refractivity contribution is -0.459. The number of benzene rings is 1. The van der Waals surface area contributed by atoms with Crippen molar-refractivity contribution < 1.29 is 79.4 Å². The molecule has 0 radical (unpaired) electrons. The zero-order valence-corrected chi connectivity index (χ0v) is 25.0. The number of Topliss-reactive ketones (excluding diaryl/α,β-unsaturated/α-hetero) is 1. The van der Waals surface area contributed by atoms with Crippen molar-refractivity contribution in [3.8, 4) is 0 Å². The summed E-state index contributed by atoms with van der Waals surface area (Å²) in [6, 6.07) is 2.77. The van der Waals surface area contributed by atoms with Crippen LogP contribution in [0.25, 0.3) is 0 Å². The van der Waals surface area contributed by atoms with Crippen LogP contribution < -0.4 is 0 Å². The van der Waals surface area contributed by atoms with Gasteiger partial charge in [-0.2, -0.15) is 74.6 Å². The third-order valence-electron chi connectivity index (χ3n) is 9.62. The Morgan fingerprint density at radius 1 is 0.521 bits per heavy atom. The minimum absolute atomic E-state index is 0.204. The fourth-order valence-electron chi connectivity index (χ4n) is 6.27. The Morgan fingerprint density at radius 3 is 1.27 bits per heavy atom. The van der Waals surface area contributed by atoms with Gasteiger partial charge in [0.2, 0.25) is 5.78 Å². The van der Waals surface area contributed by atoms with Crippen LogP contribution in [0.3, 0.4) is 0 Å². The van der Waals surface area contributed by atoms with Crippen LogP contribution in [0.15, 0.2) is 24.3 Å². The number of rotatable bonds is 12. The summed E-state index contributed by atoms with van der Waals surface area (Å²) in [7, 11) is 0. The largest absolute Gasteiger partial charge is 0.460 e. The first-order valence-electron chi connectivity index (χ1n) is 14.9. The third kappa shape index (κ3) is 6.62. The average Bonchev–Trinajstić information content (AvgIpc) is 2.99. The molecule has 18 heteroatoms. The van der Waals surface area contributed by atoms with Crippen LogP contribution in [0, 0.1) is 17.8 Å². The molecule has 0 aliphatic heterocycles. The van der Waals surface area contributed by atoms with E-state index in [0.717, 1.165) is 50.7 Å². The van der Waals surface area contributed by atoms with Gasteiger partial charge in [-0.15, -0.1) is 0 Å². The summed E-state index contributed by atoms with van der Waals surface area (Å²) >= 11 is 0. The Labute approximate surface area is 263 Å². The molecule has 2 fully saturated rings. The van der Waals surface area contributed by atoms with Crippen LogP contribution >= 0.6 is 0 Å². The first-order valence-corrected chi connectivity index (χ1v) is 14.9. The molecule has 1 nitrogen and oxygen atoms in total. The Morgan fingerprint density at radius 2 is 0.875 bits per heavy atom. The van der Waals surface area contributed by atoms with Crippen molar-refractivity contribution in [3.63, 3.8) is 0 Å². The second-order valence-corrected chi connectivity index (χ2v) is 12.9. The van der Waals surface area contributed by atoms with Gasteiger partial charge in [0.25, 0.3) is 0 Å². The van der Waals surface area contributed by atoms with Crippen LogP contribution in [0.2, 0.25) is 0 Å². The second kappa shape index (κ2) is 13.1. The van der Waals surface area contributed by atoms with Crippen LogP contribution in [0.1, 0.15) is 93.0 Å². The van der Waals surface area contributed by atoms with Gasteiger partial charge in [-0.1, -0.05) is 69.7 Å². The van der Waals surface area contributed by atoms with Crippen LogP contribution in [0.4, 0.5) is 74.6 Å². The molecule has 0 heterocycles. The molecule has 1 aromatic carbocycles. The van der Waals surface area contributed by atoms with Gasteiger partial charge >= 0.3 is 47.6 Å². The highest BCUT2D eigenvalue weighted by Gasteiger charge is 2.95. The Hall–Kier alpha value is -2.30. The topological polar surface area (TPSA) is 17.1 Å². The van der Waals surface area contributed by atoms with Crippen LogP contribution in [-0.4, -0.2) is 53.4 Å². The number of hydrogen-bond acceptors (Lipinski definition) is 1. The second-order valence-electron chi connectivity index (χ2n) is 12.9. The molecule has 0 amide bonds. The summed E-state index contributed by atoms with van der Waals surface area (Å²) in [5, 5.41) is 0. The molecule has 3 rings (SSSR count). The van der Waals surface area contributed by atoms with Gasteiger partial charge in [-0.25, -0.2) is 0 Å². The number of ketones is 1. The lowest BCUT2D eigenvalue weighted by Gasteiger charge is -2.42. The maximum atomic E-state index is 14.5. The van der Waals surface area contributed by atoms with E-state index in [1.54, 1.807) is 0 Å². The minimum atomic E-state index is -8.74. The minimum Gasteiger partial charge on any atom is -0.287 e. The lowest BCUT2D eigenvalue weighted by Crippen LogP contribution is -2.75. The molecule has 0 atom stereocenters. The Balaban J connectivity index is 1.75. The fourth-order valence-corrected chi connectivity index (χ4v) is 6.27. The highest BCUT2D eigenvalue weighted by Crippen LogP contribution is 2.64. The summed E-state index contributed by atoms with van der Waals surface area (Å²) in [5.41, 5.74) is -1.15. The van der Waals surface area contributed by atoms with Crippen LogP contribution in [0.5, 0.6) is 0 Å². The van der Waals surface area contributed by atoms with Crippen LogP contribution in [-0.2, 0) is 0 Å². The maximum Gasteiger partial charge on any atom is 0.460 e. The van der Waals surface area contributed by atoms with E-state index in [-0.39, 0.29) is 5.92 Å². The van der Waals surface area contributed by atoms with Crippen molar-refractivity contribution in [1.29, 1.82) is 0 Å². The van der Waals surface area contributed by atoms with Gasteiger partial charge in [-0.3, -0.25) is 4.79 Å². The molecular weight excluding hydrogens is 699 g/mol. The predicted octanol–water partition coefficient (Wildman–Crippen LogP) is 11.8. The smallest absolute Gasteiger partial charge is 0.287 e. The number of halogens is 17. The monoisotopic (exact) mass is 730 g/mol. The van der Waals surface area contributed by atoms with E-state index in [9.17, 15) is 79.4 Å². The highest BCUT2D eigenvalue weighted by molar-refractivity contribution is 6.02. The molecular formula is C30H31F17O. The highest BCUT2D eigenvalue weighted by atomic mass is 19.4. The SMILES string of the molecule is C[C@H]1CC[C@H](CC[C@H]2CC[C@H](c3ccc(C(=O)C(F)(F)C(F)(F)C(F)(F)C(F)(F)C(F)(F)C(F)(F)C(F)(F)C(F)(F)F)cc3)CC2)CC1. The summed E-state index contributed by atoms with van der Waals surface area (Å²) in [6.07, 6.45) is 1.68. The Bertz CT molecular complexity index is 1250. The summed E-state index contributed by atoms with van der Waals surface area (Å²) in [4.78, 5) is 12.2. The number of hydrogen-bond donors (Lipinski definition) is 0. The molecule has 0 N–H and O–H groups in total. The standard InChI is InChI=1S/C30H31F17O/c1-16-2-4-17(5-3-16)6-7-18-8-10-19(11-9-18)20-12-14-21(15-13-20)22(48)23(31,32)24(33,34)25(35,36)26(37,38)27(39,40)28(41,42)29(43,44)30(45,46)47/h12-19H,2-11H2,1H3/t16-,17-,18-,19-. The number of alkyl halides is 17. The first kappa shape index (κ1) is 40.1. The summed E-state index contributed by atoms with van der Waals surface area (Å²) in [5.74, 6) is -59.8. The average molecular weight is 731 g/mol. The van der Waals surface area contributed by atoms with E-state index in [0.29, 0.717) is 48.3 Å². The summed E-state index contributed by atoms with van der Waals surface area (Å²) < 4.78 is 230. The normalized spacial score (nSPS) is 24.5. The molecule has 0 saturated heterocycles. The third-order valence-corrected chi connectivity index (χ3v) is 9.62.